The third-order valence-electron chi connectivity index (χ3n) is 8.03. The molecule has 0 aromatic heterocycles. The number of amides is 3. The zero-order valence-electron chi connectivity index (χ0n) is 22.9. The number of aliphatic hydroxyl groups excluding tert-OH is 1. The number of benzene rings is 2. The molecular formula is C30H36ClF2N3O5. The standard InChI is InChI=1S/C30H36ClF2N3O5/c1-29(12-6-13-29)17-24(27(39)35-23(18-37)15-20-11-14-34-26(20)38)36-28(40)41-25(19-7-3-2-4-8-19)30(32,33)21-9-5-10-22(31)16-21/h2-5,7-10,16,20,23-25,37H,6,11-15,17-18H2,1H3,(H,34,38)(H,35,39)(H,36,40)/t20-,23-,24?,25?/m0/s1. The van der Waals surface area contributed by atoms with Crippen LogP contribution >= 0.6 is 11.6 Å². The highest BCUT2D eigenvalue weighted by Crippen LogP contribution is 2.45. The Balaban J connectivity index is 1.52. The molecule has 1 saturated heterocycles. The Kier molecular flexibility index (Phi) is 9.86. The molecule has 4 rings (SSSR count). The van der Waals surface area contributed by atoms with Gasteiger partial charge in [0.15, 0.2) is 6.10 Å². The first kappa shape index (κ1) is 30.7. The summed E-state index contributed by atoms with van der Waals surface area (Å²) in [7, 11) is 0. The number of carbonyl (C=O) groups excluding carboxylic acids is 3. The quantitative estimate of drug-likeness (QED) is 0.282. The Morgan fingerprint density at radius 1 is 1.17 bits per heavy atom. The Bertz CT molecular complexity index is 1230. The molecule has 0 radical (unpaired) electrons. The van der Waals surface area contributed by atoms with Gasteiger partial charge in [0.2, 0.25) is 11.8 Å². The van der Waals surface area contributed by atoms with Gasteiger partial charge in [-0.25, -0.2) is 4.79 Å². The van der Waals surface area contributed by atoms with Crippen LogP contribution in [0.15, 0.2) is 54.6 Å². The molecule has 4 atom stereocenters. The van der Waals surface area contributed by atoms with Gasteiger partial charge in [-0.2, -0.15) is 8.78 Å². The van der Waals surface area contributed by atoms with E-state index in [0.717, 1.165) is 25.3 Å². The van der Waals surface area contributed by atoms with Crippen LogP contribution in [0.25, 0.3) is 0 Å². The van der Waals surface area contributed by atoms with Gasteiger partial charge in [-0.3, -0.25) is 9.59 Å². The van der Waals surface area contributed by atoms with Crippen molar-refractivity contribution < 1.29 is 33.0 Å². The first-order valence-electron chi connectivity index (χ1n) is 13.9. The summed E-state index contributed by atoms with van der Waals surface area (Å²) in [6, 6.07) is 11.0. The van der Waals surface area contributed by atoms with Gasteiger partial charge >= 0.3 is 12.0 Å². The highest BCUT2D eigenvalue weighted by molar-refractivity contribution is 6.30. The van der Waals surface area contributed by atoms with E-state index in [9.17, 15) is 19.5 Å². The van der Waals surface area contributed by atoms with E-state index in [0.29, 0.717) is 13.0 Å². The normalized spacial score (nSPS) is 20.2. The van der Waals surface area contributed by atoms with E-state index in [1.165, 1.54) is 30.3 Å². The Hall–Kier alpha value is -3.24. The van der Waals surface area contributed by atoms with E-state index in [1.807, 2.05) is 6.92 Å². The van der Waals surface area contributed by atoms with Gasteiger partial charge in [0.05, 0.1) is 12.6 Å². The van der Waals surface area contributed by atoms with Gasteiger partial charge < -0.3 is 25.8 Å². The van der Waals surface area contributed by atoms with Crippen LogP contribution < -0.4 is 16.0 Å². The van der Waals surface area contributed by atoms with Crippen LogP contribution in [0, 0.1) is 11.3 Å². The van der Waals surface area contributed by atoms with E-state index in [2.05, 4.69) is 16.0 Å². The molecule has 2 unspecified atom stereocenters. The molecule has 1 saturated carbocycles. The van der Waals surface area contributed by atoms with Gasteiger partial charge in [0.1, 0.15) is 6.04 Å². The van der Waals surface area contributed by atoms with Crippen molar-refractivity contribution >= 4 is 29.5 Å². The van der Waals surface area contributed by atoms with E-state index in [4.69, 9.17) is 16.3 Å². The van der Waals surface area contributed by atoms with Gasteiger partial charge in [-0.1, -0.05) is 67.4 Å². The molecule has 222 valence electrons. The van der Waals surface area contributed by atoms with Crippen LogP contribution in [0.4, 0.5) is 13.6 Å². The molecule has 8 nitrogen and oxygen atoms in total. The minimum Gasteiger partial charge on any atom is -0.434 e. The number of nitrogens with one attached hydrogen (secondary N) is 3. The summed E-state index contributed by atoms with van der Waals surface area (Å²) in [4.78, 5) is 38.6. The van der Waals surface area contributed by atoms with Gasteiger partial charge in [-0.15, -0.1) is 0 Å². The fraction of sp³-hybridized carbons (Fsp3) is 0.500. The van der Waals surface area contributed by atoms with Gasteiger partial charge in [0, 0.05) is 23.0 Å². The molecule has 0 bridgehead atoms. The smallest absolute Gasteiger partial charge is 0.408 e. The molecule has 41 heavy (non-hydrogen) atoms. The third kappa shape index (κ3) is 7.74. The van der Waals surface area contributed by atoms with Crippen LogP contribution in [0.5, 0.6) is 0 Å². The van der Waals surface area contributed by atoms with Crippen LogP contribution in [-0.4, -0.2) is 48.2 Å². The van der Waals surface area contributed by atoms with Crippen molar-refractivity contribution in [2.75, 3.05) is 13.2 Å². The van der Waals surface area contributed by atoms with E-state index in [1.54, 1.807) is 18.2 Å². The number of hydrogen-bond donors (Lipinski definition) is 4. The maximum absolute atomic E-state index is 15.8. The summed E-state index contributed by atoms with van der Waals surface area (Å²) in [6.07, 6.45) is 0.584. The lowest BCUT2D eigenvalue weighted by atomic mass is 9.67. The van der Waals surface area contributed by atoms with Crippen molar-refractivity contribution in [3.63, 3.8) is 0 Å². The zero-order valence-corrected chi connectivity index (χ0v) is 23.6. The molecule has 2 aliphatic rings. The first-order chi connectivity index (χ1) is 19.5. The van der Waals surface area contributed by atoms with Crippen molar-refractivity contribution in [2.45, 2.75) is 69.6 Å². The van der Waals surface area contributed by atoms with Crippen molar-refractivity contribution in [3.8, 4) is 0 Å². The molecule has 0 spiro atoms. The van der Waals surface area contributed by atoms with E-state index >= 15 is 8.78 Å². The number of rotatable bonds is 12. The second-order valence-corrected chi connectivity index (χ2v) is 11.7. The number of alkyl carbamates (subject to hydrolysis) is 1. The number of ether oxygens (including phenoxy) is 1. The lowest BCUT2D eigenvalue weighted by Gasteiger charge is -2.41. The largest absolute Gasteiger partial charge is 0.434 e. The predicted octanol–water partition coefficient (Wildman–Crippen LogP) is 4.85. The Morgan fingerprint density at radius 3 is 2.49 bits per heavy atom. The minimum absolute atomic E-state index is 0.0646. The Labute approximate surface area is 243 Å². The number of hydrogen-bond acceptors (Lipinski definition) is 5. The second kappa shape index (κ2) is 13.2. The maximum Gasteiger partial charge on any atom is 0.408 e. The van der Waals surface area contributed by atoms with E-state index in [-0.39, 0.29) is 40.7 Å². The molecule has 1 heterocycles. The van der Waals surface area contributed by atoms with Gasteiger partial charge in [0.25, 0.3) is 0 Å². The maximum atomic E-state index is 15.8. The summed E-state index contributed by atoms with van der Waals surface area (Å²) < 4.78 is 37.0. The zero-order chi connectivity index (χ0) is 29.6. The summed E-state index contributed by atoms with van der Waals surface area (Å²) in [5.74, 6) is -4.70. The van der Waals surface area contributed by atoms with E-state index < -0.39 is 48.3 Å². The van der Waals surface area contributed by atoms with Crippen molar-refractivity contribution in [2.24, 2.45) is 11.3 Å². The first-order valence-corrected chi connectivity index (χ1v) is 14.2. The number of aliphatic hydroxyl groups is 1. The lowest BCUT2D eigenvalue weighted by Crippen LogP contribution is -2.53. The molecule has 2 aromatic rings. The topological polar surface area (TPSA) is 117 Å². The fourth-order valence-corrected chi connectivity index (χ4v) is 5.68. The van der Waals surface area contributed by atoms with Crippen LogP contribution in [0.1, 0.15) is 62.7 Å². The van der Waals surface area contributed by atoms with Crippen molar-refractivity contribution in [3.05, 3.63) is 70.7 Å². The van der Waals surface area contributed by atoms with Gasteiger partial charge in [-0.05, 0) is 55.2 Å². The molecule has 4 N–H and O–H groups in total. The molecule has 3 amide bonds. The highest BCUT2D eigenvalue weighted by Gasteiger charge is 2.46. The van der Waals surface area contributed by atoms with Crippen LogP contribution in [-0.2, 0) is 20.2 Å². The molecule has 1 aliphatic heterocycles. The molecule has 2 fully saturated rings. The highest BCUT2D eigenvalue weighted by atomic mass is 35.5. The second-order valence-electron chi connectivity index (χ2n) is 11.3. The van der Waals surface area contributed by atoms with Crippen LogP contribution in [0.3, 0.4) is 0 Å². The summed E-state index contributed by atoms with van der Waals surface area (Å²) >= 11 is 5.97. The molecule has 2 aromatic carbocycles. The molecule has 1 aliphatic carbocycles. The summed E-state index contributed by atoms with van der Waals surface area (Å²) in [5, 5.41) is 18.0. The number of alkyl halides is 2. The Morgan fingerprint density at radius 2 is 1.90 bits per heavy atom. The fourth-order valence-electron chi connectivity index (χ4n) is 5.49. The predicted molar refractivity (Wildman–Crippen MR) is 149 cm³/mol. The minimum atomic E-state index is -3.65. The summed E-state index contributed by atoms with van der Waals surface area (Å²) in [5.41, 5.74) is -0.585. The van der Waals surface area contributed by atoms with Crippen molar-refractivity contribution in [1.82, 2.24) is 16.0 Å². The molecular weight excluding hydrogens is 556 g/mol. The average Bonchev–Trinajstić information content (AvgIpc) is 3.34. The monoisotopic (exact) mass is 591 g/mol. The average molecular weight is 592 g/mol. The van der Waals surface area contributed by atoms with Crippen molar-refractivity contribution in [1.29, 1.82) is 0 Å². The summed E-state index contributed by atoms with van der Waals surface area (Å²) in [6.45, 7) is 2.13. The third-order valence-corrected chi connectivity index (χ3v) is 8.27. The number of halogens is 3. The lowest BCUT2D eigenvalue weighted by molar-refractivity contribution is -0.128. The SMILES string of the molecule is CC1(CC(NC(=O)OC(c2ccccc2)C(F)(F)c2cccc(Cl)c2)C(=O)N[C@H](CO)C[C@@H]2CCNC2=O)CCC1. The number of carbonyl (C=O) groups is 3. The van der Waals surface area contributed by atoms with Crippen LogP contribution in [0.2, 0.25) is 5.02 Å². The molecule has 11 heteroatoms.